The number of rotatable bonds is 0. The van der Waals surface area contributed by atoms with Gasteiger partial charge in [-0.2, -0.15) is 0 Å². The Morgan fingerprint density at radius 3 is 1.91 bits per heavy atom. The van der Waals surface area contributed by atoms with Crippen LogP contribution in [0.5, 0.6) is 0 Å². The van der Waals surface area contributed by atoms with Crippen molar-refractivity contribution in [2.75, 3.05) is 0 Å². The predicted octanol–water partition coefficient (Wildman–Crippen LogP) is 1.37. The smallest absolute Gasteiger partial charge is 0.146 e. The molecule has 0 aromatic carbocycles. The van der Waals surface area contributed by atoms with Crippen molar-refractivity contribution in [2.45, 2.75) is 40.2 Å². The van der Waals surface area contributed by atoms with E-state index in [-0.39, 0.29) is 11.2 Å². The zero-order chi connectivity index (χ0) is 8.86. The summed E-state index contributed by atoms with van der Waals surface area (Å²) in [5, 5.41) is 9.54. The molecule has 2 heteroatoms. The number of carbonyl (C=O) groups is 1. The number of carbonyl (C=O) groups excluding carboxylic acids is 1. The summed E-state index contributed by atoms with van der Waals surface area (Å²) in [6.45, 7) is 7.42. The van der Waals surface area contributed by atoms with E-state index in [9.17, 15) is 9.90 Å². The van der Waals surface area contributed by atoms with Gasteiger partial charge in [0.2, 0.25) is 0 Å². The van der Waals surface area contributed by atoms with E-state index in [0.717, 1.165) is 0 Å². The second-order valence-electron chi connectivity index (χ2n) is 4.65. The average Bonchev–Trinajstić information content (AvgIpc) is 1.94. The summed E-state index contributed by atoms with van der Waals surface area (Å²) >= 11 is 0. The van der Waals surface area contributed by atoms with Crippen LogP contribution in [-0.4, -0.2) is 17.0 Å². The highest BCUT2D eigenvalue weighted by atomic mass is 16.3. The molecule has 1 rings (SSSR count). The van der Waals surface area contributed by atoms with Gasteiger partial charge in [0.15, 0.2) is 0 Å². The van der Waals surface area contributed by atoms with Crippen molar-refractivity contribution in [3.63, 3.8) is 0 Å². The van der Waals surface area contributed by atoms with Crippen LogP contribution < -0.4 is 0 Å². The van der Waals surface area contributed by atoms with Crippen LogP contribution in [0, 0.1) is 10.8 Å². The highest BCUT2D eigenvalue weighted by Gasteiger charge is 2.51. The summed E-state index contributed by atoms with van der Waals surface area (Å²) in [5.74, 6) is 0.178. The van der Waals surface area contributed by atoms with E-state index < -0.39 is 11.5 Å². The summed E-state index contributed by atoms with van der Waals surface area (Å²) < 4.78 is 0. The minimum atomic E-state index is -0.538. The molecule has 1 unspecified atom stereocenters. The largest absolute Gasteiger partial charge is 0.392 e. The maximum absolute atomic E-state index is 11.6. The second-order valence-corrected chi connectivity index (χ2v) is 4.65. The van der Waals surface area contributed by atoms with E-state index in [4.69, 9.17) is 0 Å². The Hall–Kier alpha value is -0.370. The molecular weight excluding hydrogens is 140 g/mol. The summed E-state index contributed by atoms with van der Waals surface area (Å²) in [6, 6.07) is 0. The monoisotopic (exact) mass is 156 g/mol. The van der Waals surface area contributed by atoms with Crippen molar-refractivity contribution in [1.29, 1.82) is 0 Å². The molecule has 0 saturated heterocycles. The van der Waals surface area contributed by atoms with E-state index in [0.29, 0.717) is 6.42 Å². The van der Waals surface area contributed by atoms with Gasteiger partial charge in [0.1, 0.15) is 5.78 Å². The van der Waals surface area contributed by atoms with Crippen molar-refractivity contribution >= 4 is 5.78 Å². The third-order valence-corrected chi connectivity index (χ3v) is 2.74. The number of ketones is 1. The molecular formula is C9H16O2. The Kier molecular flexibility index (Phi) is 1.64. The van der Waals surface area contributed by atoms with Crippen LogP contribution in [-0.2, 0) is 4.79 Å². The van der Waals surface area contributed by atoms with Gasteiger partial charge >= 0.3 is 0 Å². The first-order valence-electron chi connectivity index (χ1n) is 4.01. The number of hydrogen-bond acceptors (Lipinski definition) is 2. The standard InChI is InChI=1S/C9H16O2/c1-8(2)5-6(10)9(3,4)7(8)11/h6,10H,5H2,1-4H3. The molecule has 0 aliphatic heterocycles. The molecule has 0 radical (unpaired) electrons. The van der Waals surface area contributed by atoms with Gasteiger partial charge in [0, 0.05) is 10.8 Å². The van der Waals surface area contributed by atoms with Crippen LogP contribution in [0.15, 0.2) is 0 Å². The summed E-state index contributed by atoms with van der Waals surface area (Å²) in [6.07, 6.45) is 0.128. The maximum atomic E-state index is 11.6. The third kappa shape index (κ3) is 1.09. The van der Waals surface area contributed by atoms with E-state index >= 15 is 0 Å². The van der Waals surface area contributed by atoms with Gasteiger partial charge < -0.3 is 5.11 Å². The van der Waals surface area contributed by atoms with Gasteiger partial charge in [0.05, 0.1) is 6.10 Å². The number of aliphatic hydroxyl groups is 1. The molecule has 0 aromatic heterocycles. The van der Waals surface area contributed by atoms with E-state index in [1.807, 2.05) is 27.7 Å². The van der Waals surface area contributed by atoms with Gasteiger partial charge in [-0.15, -0.1) is 0 Å². The SMILES string of the molecule is CC1(C)CC(O)C(C)(C)C1=O. The lowest BCUT2D eigenvalue weighted by atomic mass is 9.82. The summed E-state index contributed by atoms with van der Waals surface area (Å²) in [7, 11) is 0. The van der Waals surface area contributed by atoms with Crippen LogP contribution in [0.4, 0.5) is 0 Å². The molecule has 1 N–H and O–H groups in total. The van der Waals surface area contributed by atoms with Crippen molar-refractivity contribution < 1.29 is 9.90 Å². The minimum Gasteiger partial charge on any atom is -0.392 e. The number of hydrogen-bond donors (Lipinski definition) is 1. The van der Waals surface area contributed by atoms with Gasteiger partial charge in [-0.05, 0) is 6.42 Å². The quantitative estimate of drug-likeness (QED) is 0.575. The second kappa shape index (κ2) is 2.07. The van der Waals surface area contributed by atoms with Crippen molar-refractivity contribution in [2.24, 2.45) is 10.8 Å². The highest BCUT2D eigenvalue weighted by molar-refractivity contribution is 5.92. The topological polar surface area (TPSA) is 37.3 Å². The maximum Gasteiger partial charge on any atom is 0.146 e. The molecule has 1 aliphatic carbocycles. The molecule has 64 valence electrons. The molecule has 1 aliphatic rings. The lowest BCUT2D eigenvalue weighted by Crippen LogP contribution is -2.31. The van der Waals surface area contributed by atoms with Gasteiger partial charge in [-0.3, -0.25) is 4.79 Å². The predicted molar refractivity (Wildman–Crippen MR) is 43.2 cm³/mol. The van der Waals surface area contributed by atoms with Crippen molar-refractivity contribution in [3.8, 4) is 0 Å². The fourth-order valence-corrected chi connectivity index (χ4v) is 1.85. The molecule has 0 aromatic rings. The first-order chi connectivity index (χ1) is 4.78. The van der Waals surface area contributed by atoms with E-state index in [1.54, 1.807) is 0 Å². The lowest BCUT2D eigenvalue weighted by molar-refractivity contribution is -0.132. The van der Waals surface area contributed by atoms with Gasteiger partial charge in [-0.1, -0.05) is 27.7 Å². The van der Waals surface area contributed by atoms with Crippen LogP contribution in [0.2, 0.25) is 0 Å². The first kappa shape index (κ1) is 8.72. The van der Waals surface area contributed by atoms with Crippen LogP contribution >= 0.6 is 0 Å². The molecule has 11 heavy (non-hydrogen) atoms. The molecule has 2 nitrogen and oxygen atoms in total. The fraction of sp³-hybridized carbons (Fsp3) is 0.889. The summed E-state index contributed by atoms with van der Waals surface area (Å²) in [4.78, 5) is 11.6. The van der Waals surface area contributed by atoms with Gasteiger partial charge in [-0.25, -0.2) is 0 Å². The highest BCUT2D eigenvalue weighted by Crippen LogP contribution is 2.45. The Morgan fingerprint density at radius 2 is 1.82 bits per heavy atom. The zero-order valence-electron chi connectivity index (χ0n) is 7.64. The zero-order valence-corrected chi connectivity index (χ0v) is 7.64. The third-order valence-electron chi connectivity index (χ3n) is 2.74. The molecule has 1 fully saturated rings. The molecule has 0 amide bonds. The van der Waals surface area contributed by atoms with Crippen LogP contribution in [0.1, 0.15) is 34.1 Å². The molecule has 0 heterocycles. The Balaban J connectivity index is 2.99. The Bertz CT molecular complexity index is 192. The van der Waals surface area contributed by atoms with Crippen molar-refractivity contribution in [3.05, 3.63) is 0 Å². The van der Waals surface area contributed by atoms with Crippen molar-refractivity contribution in [1.82, 2.24) is 0 Å². The van der Waals surface area contributed by atoms with Crippen LogP contribution in [0.25, 0.3) is 0 Å². The first-order valence-corrected chi connectivity index (χ1v) is 4.01. The van der Waals surface area contributed by atoms with Gasteiger partial charge in [0.25, 0.3) is 0 Å². The summed E-state index contributed by atoms with van der Waals surface area (Å²) in [5.41, 5.74) is -0.869. The average molecular weight is 156 g/mol. The minimum absolute atomic E-state index is 0.178. The molecule has 1 saturated carbocycles. The molecule has 0 spiro atoms. The lowest BCUT2D eigenvalue weighted by Gasteiger charge is -2.21. The Labute approximate surface area is 67.6 Å². The number of aliphatic hydroxyl groups excluding tert-OH is 1. The fourth-order valence-electron chi connectivity index (χ4n) is 1.85. The Morgan fingerprint density at radius 1 is 1.36 bits per heavy atom. The van der Waals surface area contributed by atoms with E-state index in [1.165, 1.54) is 0 Å². The van der Waals surface area contributed by atoms with E-state index in [2.05, 4.69) is 0 Å². The normalized spacial score (nSPS) is 34.3. The molecule has 0 bridgehead atoms. The van der Waals surface area contributed by atoms with Crippen LogP contribution in [0.3, 0.4) is 0 Å². The molecule has 1 atom stereocenters. The number of Topliss-reactive ketones (excluding diaryl/α,β-unsaturated/α-hetero) is 1.